The summed E-state index contributed by atoms with van der Waals surface area (Å²) in [6, 6.07) is 6.68. The summed E-state index contributed by atoms with van der Waals surface area (Å²) in [5, 5.41) is 87.8. The lowest BCUT2D eigenvalue weighted by atomic mass is 9.80. The SMILES string of the molecule is Cc1cc(O)c2c3c(c(O)cc2c1)C(=O)c1c(O)ccc(OO[C@H]2C[C@@H](O)[C@H](O[C@H]4C[C@@H](O[C@H]5CC[C@H](O[C@H]6C[C@@H](O)[C@H](O[C@H]7C[C@@H](O[C@H]8CC[C@H](O)[C@H](C)O8)[C@H](O)[C@@H](C)O7)[C@@H](C)O6)[C@H](C)O5)[C@H](O)[C@@H](C)O4)[C@@H](C)O2)c1C3=O. The number of hydrogen-bond donors (Lipinski definition) is 8. The number of fused-ring (bicyclic) bond motifs is 4. The Morgan fingerprint density at radius 1 is 0.449 bits per heavy atom. The molecule has 8 N–H and O–H groups in total. The maximum Gasteiger partial charge on any atom is 0.205 e. The van der Waals surface area contributed by atoms with Gasteiger partial charge in [-0.15, -0.1) is 0 Å². The summed E-state index contributed by atoms with van der Waals surface area (Å²) < 4.78 is 67.7. The van der Waals surface area contributed by atoms with Gasteiger partial charge < -0.3 is 97.8 Å². The molecule has 3 aromatic carbocycles. The summed E-state index contributed by atoms with van der Waals surface area (Å²) in [4.78, 5) is 39.3. The Kier molecular flexibility index (Phi) is 17.1. The van der Waals surface area contributed by atoms with Crippen LogP contribution in [0.2, 0.25) is 0 Å². The topological polar surface area (TPSA) is 316 Å². The lowest BCUT2D eigenvalue weighted by Gasteiger charge is -2.45. The molecule has 0 aromatic heterocycles. The van der Waals surface area contributed by atoms with Crippen molar-refractivity contribution < 1.29 is 112 Å². The first-order valence-corrected chi connectivity index (χ1v) is 27.0. The Morgan fingerprint density at radius 2 is 0.949 bits per heavy atom. The highest BCUT2D eigenvalue weighted by atomic mass is 17.2. The molecule has 0 saturated carbocycles. The van der Waals surface area contributed by atoms with Gasteiger partial charge in [0.25, 0.3) is 0 Å². The maximum atomic E-state index is 14.2. The zero-order chi connectivity index (χ0) is 55.6. The molecule has 1 aliphatic carbocycles. The third-order valence-corrected chi connectivity index (χ3v) is 16.0. The van der Waals surface area contributed by atoms with E-state index in [0.717, 1.165) is 6.07 Å². The Balaban J connectivity index is 0.691. The molecular weight excluding hydrogens is 1030 g/mol. The van der Waals surface area contributed by atoms with E-state index in [-0.39, 0.29) is 59.3 Å². The fourth-order valence-corrected chi connectivity index (χ4v) is 11.8. The third-order valence-electron chi connectivity index (χ3n) is 16.0. The van der Waals surface area contributed by atoms with E-state index < -0.39 is 164 Å². The van der Waals surface area contributed by atoms with Crippen LogP contribution in [-0.4, -0.2) is 188 Å². The Morgan fingerprint density at radius 3 is 1.54 bits per heavy atom. The van der Waals surface area contributed by atoms with E-state index in [9.17, 15) is 50.4 Å². The monoisotopic (exact) mass is 1100 g/mol. The number of phenolic OH excluding ortho intramolecular Hbond substituents is 3. The number of benzene rings is 3. The molecule has 0 bridgehead atoms. The molecule has 78 heavy (non-hydrogen) atoms. The van der Waals surface area contributed by atoms with Gasteiger partial charge in [-0.25, -0.2) is 0 Å². The third kappa shape index (κ3) is 11.6. The molecule has 0 spiro atoms. The molecule has 3 aromatic rings. The van der Waals surface area contributed by atoms with E-state index in [1.165, 1.54) is 18.2 Å². The molecule has 10 rings (SSSR count). The molecule has 0 amide bonds. The quantitative estimate of drug-likeness (QED) is 0.0699. The molecule has 22 atom stereocenters. The normalized spacial score (nSPS) is 40.4. The average molecular weight is 1100 g/mol. The van der Waals surface area contributed by atoms with Gasteiger partial charge in [-0.1, -0.05) is 6.07 Å². The lowest BCUT2D eigenvalue weighted by Crippen LogP contribution is -2.56. The Hall–Kier alpha value is -4.22. The molecule has 6 fully saturated rings. The number of phenols is 3. The van der Waals surface area contributed by atoms with Crippen molar-refractivity contribution >= 4 is 22.3 Å². The van der Waals surface area contributed by atoms with Crippen molar-refractivity contribution in [3.05, 3.63) is 58.1 Å². The second-order valence-corrected chi connectivity index (χ2v) is 21.8. The number of ketones is 2. The molecule has 430 valence electrons. The van der Waals surface area contributed by atoms with Gasteiger partial charge in [0, 0.05) is 49.5 Å². The predicted octanol–water partition coefficient (Wildman–Crippen LogP) is 3.67. The molecular formula is C55H72O23. The van der Waals surface area contributed by atoms with Crippen molar-refractivity contribution in [1.29, 1.82) is 0 Å². The first-order chi connectivity index (χ1) is 37.1. The number of aliphatic hydroxyl groups is 5. The van der Waals surface area contributed by atoms with E-state index in [1.807, 2.05) is 6.92 Å². The first-order valence-electron chi connectivity index (χ1n) is 27.0. The van der Waals surface area contributed by atoms with Gasteiger partial charge in [0.2, 0.25) is 12.1 Å². The second-order valence-electron chi connectivity index (χ2n) is 21.8. The fraction of sp³-hybridized carbons (Fsp3) is 0.673. The highest BCUT2D eigenvalue weighted by Crippen LogP contribution is 2.46. The first kappa shape index (κ1) is 57.0. The van der Waals surface area contributed by atoms with Crippen LogP contribution >= 0.6 is 0 Å². The standard InChI is InChI=1S/C55H72O23/c1-21-14-28-16-32(59)47-49(45(28)31(58)15-21)53(65)48-36(10-8-30(57)46(48)52(47)64)77-78-44-18-34(61)55(27(7)71-44)76-43-20-38(51(63)25(5)69-43)74-40-13-11-35(23(3)67-40)72-41-17-33(60)54(26(6)70-41)75-42-19-37(50(62)24(4)68-42)73-39-12-9-29(56)22(2)66-39/h8,10,14-16,22-27,29,33-35,37-44,50-51,54-63H,9,11-13,17-20H2,1-7H3/t22-,23-,24+,25+,26+,27+,29-,33+,34+,35-,37+,38+,39-,40-,41-,42-,43-,44-,50+,51+,54+,55+/m0/s1. The lowest BCUT2D eigenvalue weighted by molar-refractivity contribution is -0.371. The van der Waals surface area contributed by atoms with Crippen LogP contribution < -0.4 is 4.89 Å². The predicted molar refractivity (Wildman–Crippen MR) is 266 cm³/mol. The summed E-state index contributed by atoms with van der Waals surface area (Å²) in [5.74, 6) is -3.31. The van der Waals surface area contributed by atoms with Crippen molar-refractivity contribution in [3.8, 4) is 23.0 Å². The smallest absolute Gasteiger partial charge is 0.205 e. The van der Waals surface area contributed by atoms with Crippen LogP contribution in [0.15, 0.2) is 30.3 Å². The van der Waals surface area contributed by atoms with Gasteiger partial charge in [-0.2, -0.15) is 4.89 Å². The molecule has 23 heteroatoms. The summed E-state index contributed by atoms with van der Waals surface area (Å²) in [7, 11) is 0. The summed E-state index contributed by atoms with van der Waals surface area (Å²) in [5.41, 5.74) is -0.808. The van der Waals surface area contributed by atoms with Crippen LogP contribution in [0.4, 0.5) is 0 Å². The highest BCUT2D eigenvalue weighted by Gasteiger charge is 2.48. The van der Waals surface area contributed by atoms with Crippen molar-refractivity contribution in [3.63, 3.8) is 0 Å². The Labute approximate surface area is 449 Å². The van der Waals surface area contributed by atoms with Crippen LogP contribution in [0, 0.1) is 6.92 Å². The number of rotatable bonds is 13. The van der Waals surface area contributed by atoms with Gasteiger partial charge in [0.15, 0.2) is 43.0 Å². The number of hydrogen-bond acceptors (Lipinski definition) is 23. The van der Waals surface area contributed by atoms with Crippen molar-refractivity contribution in [2.75, 3.05) is 0 Å². The van der Waals surface area contributed by atoms with Crippen molar-refractivity contribution in [2.24, 2.45) is 0 Å². The highest BCUT2D eigenvalue weighted by molar-refractivity contribution is 6.35. The molecule has 0 radical (unpaired) electrons. The molecule has 6 aliphatic heterocycles. The average Bonchev–Trinajstić information content (AvgIpc) is 3.58. The van der Waals surface area contributed by atoms with Gasteiger partial charge >= 0.3 is 0 Å². The van der Waals surface area contributed by atoms with Gasteiger partial charge in [-0.05, 0) is 96.5 Å². The second kappa shape index (κ2) is 23.3. The molecule has 23 nitrogen and oxygen atoms in total. The maximum absolute atomic E-state index is 14.2. The molecule has 7 aliphatic rings. The number of ether oxygens (including phenoxy) is 11. The van der Waals surface area contributed by atoms with Crippen LogP contribution in [0.3, 0.4) is 0 Å². The van der Waals surface area contributed by atoms with Crippen LogP contribution in [0.25, 0.3) is 10.8 Å². The van der Waals surface area contributed by atoms with Crippen LogP contribution in [-0.2, 0) is 57.0 Å². The van der Waals surface area contributed by atoms with Crippen molar-refractivity contribution in [1.82, 2.24) is 0 Å². The van der Waals surface area contributed by atoms with E-state index in [4.69, 9.17) is 61.9 Å². The van der Waals surface area contributed by atoms with E-state index in [2.05, 4.69) is 0 Å². The molecule has 6 heterocycles. The fourth-order valence-electron chi connectivity index (χ4n) is 11.8. The van der Waals surface area contributed by atoms with Crippen LogP contribution in [0.5, 0.6) is 23.0 Å². The zero-order valence-electron chi connectivity index (χ0n) is 44.4. The summed E-state index contributed by atoms with van der Waals surface area (Å²) in [6.45, 7) is 12.1. The van der Waals surface area contributed by atoms with Gasteiger partial charge in [0.1, 0.15) is 41.7 Å². The molecule has 6 saturated heterocycles. The molecule has 0 unspecified atom stereocenters. The van der Waals surface area contributed by atoms with Gasteiger partial charge in [-0.3, -0.25) is 9.59 Å². The minimum absolute atomic E-state index is 0.0354. The zero-order valence-corrected chi connectivity index (χ0v) is 44.4. The van der Waals surface area contributed by atoms with E-state index in [1.54, 1.807) is 47.6 Å². The summed E-state index contributed by atoms with van der Waals surface area (Å²) >= 11 is 0. The number of carbonyl (C=O) groups is 2. The minimum atomic E-state index is -1.22. The van der Waals surface area contributed by atoms with E-state index >= 15 is 0 Å². The number of carbonyl (C=O) groups excluding carboxylic acids is 2. The van der Waals surface area contributed by atoms with Crippen molar-refractivity contribution in [2.45, 2.75) is 235 Å². The van der Waals surface area contributed by atoms with Crippen LogP contribution in [0.1, 0.15) is 130 Å². The number of aliphatic hydroxyl groups excluding tert-OH is 5. The largest absolute Gasteiger partial charge is 0.507 e. The minimum Gasteiger partial charge on any atom is -0.507 e. The number of aryl methyl sites for hydroxylation is 1. The van der Waals surface area contributed by atoms with Gasteiger partial charge in [0.05, 0.1) is 89.9 Å². The number of aromatic hydroxyl groups is 3. The summed E-state index contributed by atoms with van der Waals surface area (Å²) in [6.07, 6.45) is -15.0. The van der Waals surface area contributed by atoms with E-state index in [0.29, 0.717) is 36.6 Å². The Bertz CT molecular complexity index is 2630.